The lowest BCUT2D eigenvalue weighted by Gasteiger charge is -2.40. The second-order valence-electron chi connectivity index (χ2n) is 7.35. The van der Waals surface area contributed by atoms with Crippen LogP contribution in [0.5, 0.6) is 0 Å². The zero-order valence-electron chi connectivity index (χ0n) is 19.0. The lowest BCUT2D eigenvalue weighted by molar-refractivity contribution is -0.134. The molecule has 1 aromatic carbocycles. The summed E-state index contributed by atoms with van der Waals surface area (Å²) >= 11 is 0. The summed E-state index contributed by atoms with van der Waals surface area (Å²) in [5.41, 5.74) is 3.60. The molecule has 2 atom stereocenters. The fourth-order valence-electron chi connectivity index (χ4n) is 4.53. The van der Waals surface area contributed by atoms with Gasteiger partial charge in [0.15, 0.2) is 0 Å². The van der Waals surface area contributed by atoms with Gasteiger partial charge in [0.05, 0.1) is 11.4 Å². The lowest BCUT2D eigenvalue weighted by Crippen LogP contribution is -2.47. The van der Waals surface area contributed by atoms with Crippen LogP contribution in [-0.4, -0.2) is 58.8 Å². The number of hydrogen-bond donors (Lipinski definition) is 0. The third kappa shape index (κ3) is 2.72. The molecule has 0 bridgehead atoms. The van der Waals surface area contributed by atoms with Crippen molar-refractivity contribution in [1.82, 2.24) is 14.4 Å². The standard InChI is InChI=1S/C22H27N3O2/c1-5-24(6-2)22(27)16-10-18-17-8-7-9-19-21(17)15(13-25(19)14(3)26)11-20(18)23(4)12-16/h7-10,13,16,20H,5-6,11-12H2,1-4H3/t16-,20-/m1/s1/i4D3. The summed E-state index contributed by atoms with van der Waals surface area (Å²) in [6.07, 6.45) is 4.30. The predicted octanol–water partition coefficient (Wildman–Crippen LogP) is 3.04. The molecule has 2 aromatic rings. The fraction of sp³-hybridized carbons (Fsp3) is 0.455. The Hall–Kier alpha value is -2.40. The molecule has 1 aliphatic heterocycles. The van der Waals surface area contributed by atoms with Gasteiger partial charge in [-0.2, -0.15) is 0 Å². The molecule has 5 nitrogen and oxygen atoms in total. The summed E-state index contributed by atoms with van der Waals surface area (Å²) in [6, 6.07) is 5.42. The van der Waals surface area contributed by atoms with Crippen molar-refractivity contribution in [2.45, 2.75) is 33.2 Å². The Morgan fingerprint density at radius 2 is 2.07 bits per heavy atom. The molecule has 142 valence electrons. The number of carbonyl (C=O) groups excluding carboxylic acids is 2. The minimum absolute atomic E-state index is 0.0421. The monoisotopic (exact) mass is 368 g/mol. The number of carbonyl (C=O) groups is 2. The molecule has 1 amide bonds. The summed E-state index contributed by atoms with van der Waals surface area (Å²) in [5, 5.41) is 0.983. The van der Waals surface area contributed by atoms with Gasteiger partial charge in [-0.05, 0) is 50.0 Å². The van der Waals surface area contributed by atoms with Crippen LogP contribution in [0.1, 0.15) is 40.8 Å². The van der Waals surface area contributed by atoms with Gasteiger partial charge in [-0.1, -0.05) is 18.2 Å². The highest BCUT2D eigenvalue weighted by molar-refractivity contribution is 6.03. The Morgan fingerprint density at radius 1 is 1.30 bits per heavy atom. The van der Waals surface area contributed by atoms with Gasteiger partial charge in [-0.15, -0.1) is 0 Å². The first-order valence-corrected chi connectivity index (χ1v) is 9.58. The molecule has 2 aliphatic rings. The number of aromatic nitrogens is 1. The van der Waals surface area contributed by atoms with Crippen LogP contribution in [0.4, 0.5) is 0 Å². The molecule has 0 N–H and O–H groups in total. The molecule has 0 unspecified atom stereocenters. The number of fused-ring (bicyclic) bond motifs is 2. The van der Waals surface area contributed by atoms with Gasteiger partial charge in [0.2, 0.25) is 11.8 Å². The van der Waals surface area contributed by atoms with Crippen molar-refractivity contribution in [3.05, 3.63) is 41.6 Å². The number of amides is 1. The van der Waals surface area contributed by atoms with Crippen LogP contribution in [0.25, 0.3) is 16.5 Å². The minimum Gasteiger partial charge on any atom is -0.343 e. The van der Waals surface area contributed by atoms with E-state index in [9.17, 15) is 9.59 Å². The molecular formula is C22H27N3O2. The highest BCUT2D eigenvalue weighted by atomic mass is 16.2. The largest absolute Gasteiger partial charge is 0.343 e. The SMILES string of the molecule is [2H]C([2H])([2H])N1C[C@H](C(=O)N(CC)CC)C=C2c3cccc4c3c(cn4C(C)=O)C[C@H]21. The molecule has 0 saturated carbocycles. The lowest BCUT2D eigenvalue weighted by atomic mass is 9.79. The summed E-state index contributed by atoms with van der Waals surface area (Å²) in [6.45, 7) is 4.41. The molecule has 27 heavy (non-hydrogen) atoms. The first-order chi connectivity index (χ1) is 14.2. The summed E-state index contributed by atoms with van der Waals surface area (Å²) in [4.78, 5) is 28.5. The normalized spacial score (nSPS) is 23.8. The Morgan fingerprint density at radius 3 is 2.74 bits per heavy atom. The second-order valence-corrected chi connectivity index (χ2v) is 7.35. The average Bonchev–Trinajstić information content (AvgIpc) is 3.07. The zero-order valence-corrected chi connectivity index (χ0v) is 16.0. The van der Waals surface area contributed by atoms with E-state index in [-0.39, 0.29) is 24.4 Å². The van der Waals surface area contributed by atoms with Gasteiger partial charge in [0.1, 0.15) is 0 Å². The Labute approximate surface area is 164 Å². The molecular weight excluding hydrogens is 338 g/mol. The van der Waals surface area contributed by atoms with E-state index >= 15 is 0 Å². The topological polar surface area (TPSA) is 45.6 Å². The van der Waals surface area contributed by atoms with Crippen molar-refractivity contribution in [2.75, 3.05) is 26.6 Å². The van der Waals surface area contributed by atoms with Gasteiger partial charge in [-0.25, -0.2) is 0 Å². The molecule has 2 heterocycles. The number of rotatable bonds is 3. The Bertz CT molecular complexity index is 1050. The van der Waals surface area contributed by atoms with Crippen molar-refractivity contribution in [2.24, 2.45) is 5.92 Å². The van der Waals surface area contributed by atoms with E-state index in [1.807, 2.05) is 44.3 Å². The third-order valence-electron chi connectivity index (χ3n) is 5.87. The van der Waals surface area contributed by atoms with Gasteiger partial charge in [0, 0.05) is 48.3 Å². The number of likely N-dealkylation sites (N-methyl/N-ethyl adjacent to an activating group) is 1. The van der Waals surface area contributed by atoms with Gasteiger partial charge < -0.3 is 4.90 Å². The predicted molar refractivity (Wildman–Crippen MR) is 108 cm³/mol. The van der Waals surface area contributed by atoms with Crippen LogP contribution in [-0.2, 0) is 11.2 Å². The summed E-state index contributed by atoms with van der Waals surface area (Å²) < 4.78 is 26.0. The third-order valence-corrected chi connectivity index (χ3v) is 5.87. The molecule has 1 aromatic heterocycles. The first kappa shape index (κ1) is 14.6. The van der Waals surface area contributed by atoms with E-state index in [1.54, 1.807) is 9.47 Å². The number of hydrogen-bond acceptors (Lipinski definition) is 3. The van der Waals surface area contributed by atoms with Crippen LogP contribution in [0.15, 0.2) is 30.5 Å². The van der Waals surface area contributed by atoms with E-state index in [0.717, 1.165) is 27.6 Å². The second kappa shape index (κ2) is 6.64. The van der Waals surface area contributed by atoms with Crippen LogP contribution >= 0.6 is 0 Å². The van der Waals surface area contributed by atoms with Crippen molar-refractivity contribution < 1.29 is 13.7 Å². The fourth-order valence-corrected chi connectivity index (χ4v) is 4.53. The summed E-state index contributed by atoms with van der Waals surface area (Å²) in [5.74, 6) is -0.632. The molecule has 5 heteroatoms. The minimum atomic E-state index is -2.32. The molecule has 1 aliphatic carbocycles. The van der Waals surface area contributed by atoms with E-state index < -0.39 is 12.9 Å². The van der Waals surface area contributed by atoms with Crippen molar-refractivity contribution in [3.8, 4) is 0 Å². The van der Waals surface area contributed by atoms with E-state index in [0.29, 0.717) is 19.5 Å². The van der Waals surface area contributed by atoms with E-state index in [4.69, 9.17) is 4.11 Å². The maximum absolute atomic E-state index is 13.1. The maximum atomic E-state index is 13.1. The zero-order chi connectivity index (χ0) is 21.8. The van der Waals surface area contributed by atoms with Gasteiger partial charge in [0.25, 0.3) is 0 Å². The highest BCUT2D eigenvalue weighted by Gasteiger charge is 2.37. The Balaban J connectivity index is 1.90. The van der Waals surface area contributed by atoms with Crippen LogP contribution in [0, 0.1) is 5.92 Å². The molecule has 4 rings (SSSR count). The molecule has 0 saturated heterocycles. The van der Waals surface area contributed by atoms with Gasteiger partial charge >= 0.3 is 0 Å². The average molecular weight is 368 g/mol. The maximum Gasteiger partial charge on any atom is 0.230 e. The van der Waals surface area contributed by atoms with Crippen molar-refractivity contribution >= 4 is 28.3 Å². The highest BCUT2D eigenvalue weighted by Crippen LogP contribution is 2.41. The quantitative estimate of drug-likeness (QED) is 0.837. The Kier molecular flexibility index (Phi) is 3.60. The smallest absolute Gasteiger partial charge is 0.230 e. The number of benzene rings is 1. The molecule has 0 radical (unpaired) electrons. The molecule has 0 fully saturated rings. The first-order valence-electron chi connectivity index (χ1n) is 11.1. The summed E-state index contributed by atoms with van der Waals surface area (Å²) in [7, 11) is 0. The van der Waals surface area contributed by atoms with E-state index in [2.05, 4.69) is 0 Å². The van der Waals surface area contributed by atoms with Crippen LogP contribution in [0.3, 0.4) is 0 Å². The number of nitrogens with zero attached hydrogens (tertiary/aromatic N) is 3. The molecule has 0 spiro atoms. The van der Waals surface area contributed by atoms with Crippen LogP contribution in [0.2, 0.25) is 0 Å². The van der Waals surface area contributed by atoms with Crippen molar-refractivity contribution in [1.29, 1.82) is 0 Å². The van der Waals surface area contributed by atoms with Crippen molar-refractivity contribution in [3.63, 3.8) is 0 Å². The van der Waals surface area contributed by atoms with Gasteiger partial charge in [-0.3, -0.25) is 19.1 Å². The van der Waals surface area contributed by atoms with Crippen LogP contribution < -0.4 is 0 Å². The van der Waals surface area contributed by atoms with E-state index in [1.165, 1.54) is 11.8 Å².